The maximum absolute atomic E-state index is 12.4. The molecular formula is C14H20BrN3O2. The first-order chi connectivity index (χ1) is 9.70. The number of carbonyl (C=O) groups excluding carboxylic acids is 1. The minimum absolute atomic E-state index is 0.0681. The molecule has 20 heavy (non-hydrogen) atoms. The van der Waals surface area contributed by atoms with Gasteiger partial charge in [0.25, 0.3) is 5.91 Å². The van der Waals surface area contributed by atoms with Crippen LogP contribution in [0.15, 0.2) is 22.9 Å². The van der Waals surface area contributed by atoms with Gasteiger partial charge in [-0.25, -0.2) is 4.98 Å². The van der Waals surface area contributed by atoms with Gasteiger partial charge in [-0.05, 0) is 41.0 Å². The Balaban J connectivity index is 1.92. The first-order valence-corrected chi connectivity index (χ1v) is 7.62. The normalized spacial score (nSPS) is 17.0. The Morgan fingerprint density at radius 1 is 1.35 bits per heavy atom. The summed E-state index contributed by atoms with van der Waals surface area (Å²) in [5.74, 6) is 0.0681. The van der Waals surface area contributed by atoms with Crippen LogP contribution in [0.4, 0.5) is 0 Å². The van der Waals surface area contributed by atoms with Crippen LogP contribution in [0.3, 0.4) is 0 Å². The van der Waals surface area contributed by atoms with Crippen molar-refractivity contribution in [3.8, 4) is 0 Å². The van der Waals surface area contributed by atoms with E-state index < -0.39 is 0 Å². The molecule has 1 amide bonds. The van der Waals surface area contributed by atoms with Gasteiger partial charge in [-0.15, -0.1) is 0 Å². The molecular weight excluding hydrogens is 322 g/mol. The zero-order chi connectivity index (χ0) is 14.4. The molecule has 0 aliphatic carbocycles. The number of hydrogen-bond acceptors (Lipinski definition) is 4. The van der Waals surface area contributed by atoms with Crippen molar-refractivity contribution in [2.24, 2.45) is 0 Å². The summed E-state index contributed by atoms with van der Waals surface area (Å²) in [5.41, 5.74) is 0.651. The average Bonchev–Trinajstić information content (AvgIpc) is 2.70. The fourth-order valence-corrected chi connectivity index (χ4v) is 2.54. The zero-order valence-electron chi connectivity index (χ0n) is 11.7. The minimum Gasteiger partial charge on any atom is -0.383 e. The number of hydrogen-bond donors (Lipinski definition) is 0. The first kappa shape index (κ1) is 15.4. The molecule has 1 aromatic rings. The Bertz CT molecular complexity index is 439. The fraction of sp³-hybridized carbons (Fsp3) is 0.571. The lowest BCUT2D eigenvalue weighted by atomic mass is 10.2. The summed E-state index contributed by atoms with van der Waals surface area (Å²) in [4.78, 5) is 20.8. The van der Waals surface area contributed by atoms with Crippen molar-refractivity contribution >= 4 is 21.8 Å². The summed E-state index contributed by atoms with van der Waals surface area (Å²) in [6, 6.07) is 3.61. The number of amides is 1. The quantitative estimate of drug-likeness (QED) is 0.781. The summed E-state index contributed by atoms with van der Waals surface area (Å²) < 4.78 is 5.85. The molecule has 1 aliphatic heterocycles. The Morgan fingerprint density at radius 3 is 2.90 bits per heavy atom. The fourth-order valence-electron chi connectivity index (χ4n) is 2.30. The van der Waals surface area contributed by atoms with Crippen LogP contribution in [0, 0.1) is 0 Å². The lowest BCUT2D eigenvalue weighted by molar-refractivity contribution is 0.0758. The second kappa shape index (κ2) is 7.71. The Labute approximate surface area is 128 Å². The van der Waals surface area contributed by atoms with Crippen molar-refractivity contribution < 1.29 is 9.53 Å². The van der Waals surface area contributed by atoms with E-state index in [1.54, 1.807) is 19.4 Å². The molecule has 0 bridgehead atoms. The molecule has 1 saturated heterocycles. The molecule has 5 nitrogen and oxygen atoms in total. The van der Waals surface area contributed by atoms with Crippen LogP contribution in [0.1, 0.15) is 16.8 Å². The summed E-state index contributed by atoms with van der Waals surface area (Å²) in [5, 5.41) is 0. The molecule has 0 N–H and O–H groups in total. The van der Waals surface area contributed by atoms with Crippen molar-refractivity contribution in [1.82, 2.24) is 14.8 Å². The van der Waals surface area contributed by atoms with Gasteiger partial charge in [-0.2, -0.15) is 0 Å². The molecule has 0 unspecified atom stereocenters. The molecule has 1 fully saturated rings. The SMILES string of the molecule is COCCN1CCCN(C(=O)c2ccc(Br)nc2)CC1. The number of carbonyl (C=O) groups is 1. The van der Waals surface area contributed by atoms with Crippen molar-refractivity contribution in [2.45, 2.75) is 6.42 Å². The standard InChI is InChI=1S/C14H20BrN3O2/c1-20-10-9-17-5-2-6-18(8-7-17)14(19)12-3-4-13(15)16-11-12/h3-4,11H,2,5-10H2,1H3. The van der Waals surface area contributed by atoms with E-state index in [-0.39, 0.29) is 5.91 Å². The number of halogens is 1. The van der Waals surface area contributed by atoms with E-state index in [9.17, 15) is 4.79 Å². The zero-order valence-corrected chi connectivity index (χ0v) is 13.3. The Kier molecular flexibility index (Phi) is 5.94. The van der Waals surface area contributed by atoms with Gasteiger partial charge in [0, 0.05) is 39.5 Å². The van der Waals surface area contributed by atoms with Gasteiger partial charge >= 0.3 is 0 Å². The van der Waals surface area contributed by atoms with Gasteiger partial charge in [0.1, 0.15) is 4.60 Å². The van der Waals surface area contributed by atoms with E-state index in [0.29, 0.717) is 5.56 Å². The van der Waals surface area contributed by atoms with E-state index in [1.165, 1.54) is 0 Å². The number of pyridine rings is 1. The van der Waals surface area contributed by atoms with Gasteiger partial charge in [0.15, 0.2) is 0 Å². The topological polar surface area (TPSA) is 45.7 Å². The summed E-state index contributed by atoms with van der Waals surface area (Å²) >= 11 is 3.28. The highest BCUT2D eigenvalue weighted by Crippen LogP contribution is 2.11. The van der Waals surface area contributed by atoms with Crippen LogP contribution < -0.4 is 0 Å². The van der Waals surface area contributed by atoms with Gasteiger partial charge in [0.05, 0.1) is 12.2 Å². The molecule has 0 spiro atoms. The monoisotopic (exact) mass is 341 g/mol. The predicted molar refractivity (Wildman–Crippen MR) is 80.8 cm³/mol. The van der Waals surface area contributed by atoms with E-state index in [0.717, 1.165) is 50.4 Å². The minimum atomic E-state index is 0.0681. The van der Waals surface area contributed by atoms with Gasteiger partial charge in [-0.1, -0.05) is 0 Å². The van der Waals surface area contributed by atoms with E-state index in [4.69, 9.17) is 4.74 Å². The van der Waals surface area contributed by atoms with Crippen molar-refractivity contribution in [1.29, 1.82) is 0 Å². The van der Waals surface area contributed by atoms with Crippen LogP contribution >= 0.6 is 15.9 Å². The van der Waals surface area contributed by atoms with Gasteiger partial charge in [-0.3, -0.25) is 9.69 Å². The molecule has 0 aromatic carbocycles. The molecule has 2 rings (SSSR count). The number of nitrogens with zero attached hydrogens (tertiary/aromatic N) is 3. The van der Waals surface area contributed by atoms with Crippen LogP contribution in [-0.2, 0) is 4.74 Å². The molecule has 0 saturated carbocycles. The number of methoxy groups -OCH3 is 1. The highest BCUT2D eigenvalue weighted by Gasteiger charge is 2.20. The number of aromatic nitrogens is 1. The third-order valence-electron chi connectivity index (χ3n) is 3.46. The Hall–Kier alpha value is -0.980. The molecule has 2 heterocycles. The molecule has 1 aliphatic rings. The second-order valence-corrected chi connectivity index (χ2v) is 5.66. The first-order valence-electron chi connectivity index (χ1n) is 6.83. The van der Waals surface area contributed by atoms with Crippen LogP contribution in [0.25, 0.3) is 0 Å². The van der Waals surface area contributed by atoms with Gasteiger partial charge < -0.3 is 9.64 Å². The predicted octanol–water partition coefficient (Wildman–Crippen LogP) is 1.64. The summed E-state index contributed by atoms with van der Waals surface area (Å²) in [6.45, 7) is 5.16. The lowest BCUT2D eigenvalue weighted by Gasteiger charge is -2.21. The van der Waals surface area contributed by atoms with E-state index in [2.05, 4.69) is 25.8 Å². The molecule has 6 heteroatoms. The van der Waals surface area contributed by atoms with Crippen molar-refractivity contribution in [3.05, 3.63) is 28.5 Å². The Morgan fingerprint density at radius 2 is 2.20 bits per heavy atom. The highest BCUT2D eigenvalue weighted by atomic mass is 79.9. The third-order valence-corrected chi connectivity index (χ3v) is 3.93. The maximum Gasteiger partial charge on any atom is 0.255 e. The lowest BCUT2D eigenvalue weighted by Crippen LogP contribution is -2.36. The van der Waals surface area contributed by atoms with Crippen LogP contribution in [0.5, 0.6) is 0 Å². The van der Waals surface area contributed by atoms with Crippen molar-refractivity contribution in [2.75, 3.05) is 46.4 Å². The maximum atomic E-state index is 12.4. The molecule has 0 atom stereocenters. The summed E-state index contributed by atoms with van der Waals surface area (Å²) in [7, 11) is 1.72. The van der Waals surface area contributed by atoms with Crippen molar-refractivity contribution in [3.63, 3.8) is 0 Å². The smallest absolute Gasteiger partial charge is 0.255 e. The van der Waals surface area contributed by atoms with Crippen LogP contribution in [-0.4, -0.2) is 67.1 Å². The number of ether oxygens (including phenoxy) is 1. The third kappa shape index (κ3) is 4.26. The average molecular weight is 342 g/mol. The van der Waals surface area contributed by atoms with E-state index >= 15 is 0 Å². The summed E-state index contributed by atoms with van der Waals surface area (Å²) in [6.07, 6.45) is 2.62. The van der Waals surface area contributed by atoms with Gasteiger partial charge in [0.2, 0.25) is 0 Å². The highest BCUT2D eigenvalue weighted by molar-refractivity contribution is 9.10. The second-order valence-electron chi connectivity index (χ2n) is 4.85. The molecule has 110 valence electrons. The van der Waals surface area contributed by atoms with Crippen LogP contribution in [0.2, 0.25) is 0 Å². The van der Waals surface area contributed by atoms with E-state index in [1.807, 2.05) is 11.0 Å². The molecule has 0 radical (unpaired) electrons. The number of rotatable bonds is 4. The largest absolute Gasteiger partial charge is 0.383 e. The molecule has 1 aromatic heterocycles.